The summed E-state index contributed by atoms with van der Waals surface area (Å²) in [7, 11) is 3.49. The van der Waals surface area contributed by atoms with Gasteiger partial charge in [-0.3, -0.25) is 9.69 Å². The number of nitrogens with one attached hydrogen (secondary N) is 1. The van der Waals surface area contributed by atoms with E-state index in [2.05, 4.69) is 5.32 Å². The summed E-state index contributed by atoms with van der Waals surface area (Å²) in [4.78, 5) is 14.0. The lowest BCUT2D eigenvalue weighted by Gasteiger charge is -2.17. The SMILES string of the molecule is COc1cccc(CNC(=O)CN(C)Cc2cc(Cl)cc(Cl)c2)c1. The molecule has 4 nitrogen and oxygen atoms in total. The Balaban J connectivity index is 1.82. The summed E-state index contributed by atoms with van der Waals surface area (Å²) < 4.78 is 5.17. The highest BCUT2D eigenvalue weighted by molar-refractivity contribution is 6.34. The Hall–Kier alpha value is -1.75. The molecule has 2 rings (SSSR count). The molecule has 2 aromatic carbocycles. The van der Waals surface area contributed by atoms with Gasteiger partial charge in [0.25, 0.3) is 0 Å². The van der Waals surface area contributed by atoms with E-state index in [1.807, 2.05) is 48.3 Å². The molecule has 0 spiro atoms. The quantitative estimate of drug-likeness (QED) is 0.811. The van der Waals surface area contributed by atoms with Crippen LogP contribution in [0.3, 0.4) is 0 Å². The average Bonchev–Trinajstić information content (AvgIpc) is 2.52. The Morgan fingerprint density at radius 3 is 2.50 bits per heavy atom. The fourth-order valence-corrected chi connectivity index (χ4v) is 2.93. The Morgan fingerprint density at radius 2 is 1.83 bits per heavy atom. The molecule has 24 heavy (non-hydrogen) atoms. The fourth-order valence-electron chi connectivity index (χ4n) is 2.35. The van der Waals surface area contributed by atoms with Crippen molar-refractivity contribution in [2.45, 2.75) is 13.1 Å². The zero-order chi connectivity index (χ0) is 17.5. The van der Waals surface area contributed by atoms with Crippen LogP contribution in [0.5, 0.6) is 5.75 Å². The number of ether oxygens (including phenoxy) is 1. The summed E-state index contributed by atoms with van der Waals surface area (Å²) >= 11 is 12.0. The van der Waals surface area contributed by atoms with Crippen molar-refractivity contribution in [1.29, 1.82) is 0 Å². The van der Waals surface area contributed by atoms with Crippen LogP contribution in [0.2, 0.25) is 10.0 Å². The molecule has 0 fully saturated rings. The van der Waals surface area contributed by atoms with E-state index in [1.54, 1.807) is 13.2 Å². The van der Waals surface area contributed by atoms with Crippen LogP contribution < -0.4 is 10.1 Å². The van der Waals surface area contributed by atoms with Crippen molar-refractivity contribution < 1.29 is 9.53 Å². The Bertz CT molecular complexity index is 687. The van der Waals surface area contributed by atoms with Crippen LogP contribution in [0.15, 0.2) is 42.5 Å². The fraction of sp³-hybridized carbons (Fsp3) is 0.278. The summed E-state index contributed by atoms with van der Waals surface area (Å²) in [6, 6.07) is 13.0. The predicted molar refractivity (Wildman–Crippen MR) is 97.6 cm³/mol. The zero-order valence-electron chi connectivity index (χ0n) is 13.7. The highest BCUT2D eigenvalue weighted by Gasteiger charge is 2.08. The minimum Gasteiger partial charge on any atom is -0.497 e. The van der Waals surface area contributed by atoms with Gasteiger partial charge in [-0.1, -0.05) is 35.3 Å². The third-order valence-electron chi connectivity index (χ3n) is 3.41. The third-order valence-corrected chi connectivity index (χ3v) is 3.85. The van der Waals surface area contributed by atoms with E-state index >= 15 is 0 Å². The standard InChI is InChI=1S/C18H20Cl2N2O2/c1-22(11-14-6-15(19)9-16(20)7-14)12-18(23)21-10-13-4-3-5-17(8-13)24-2/h3-9H,10-12H2,1-2H3,(H,21,23). The summed E-state index contributed by atoms with van der Waals surface area (Å²) in [5.41, 5.74) is 1.96. The van der Waals surface area contributed by atoms with Gasteiger partial charge in [0.05, 0.1) is 13.7 Å². The summed E-state index contributed by atoms with van der Waals surface area (Å²) in [5.74, 6) is 0.727. The molecule has 0 aliphatic rings. The number of benzene rings is 2. The van der Waals surface area contributed by atoms with Crippen molar-refractivity contribution in [3.63, 3.8) is 0 Å². The smallest absolute Gasteiger partial charge is 0.234 e. The molecule has 6 heteroatoms. The lowest BCUT2D eigenvalue weighted by atomic mass is 10.2. The van der Waals surface area contributed by atoms with Crippen LogP contribution in [0.4, 0.5) is 0 Å². The zero-order valence-corrected chi connectivity index (χ0v) is 15.2. The maximum Gasteiger partial charge on any atom is 0.234 e. The van der Waals surface area contributed by atoms with Crippen LogP contribution >= 0.6 is 23.2 Å². The van der Waals surface area contributed by atoms with Gasteiger partial charge in [-0.25, -0.2) is 0 Å². The van der Waals surface area contributed by atoms with E-state index in [-0.39, 0.29) is 12.5 Å². The molecule has 0 atom stereocenters. The Kier molecular flexibility index (Phi) is 6.91. The number of hydrogen-bond acceptors (Lipinski definition) is 3. The first kappa shape index (κ1) is 18.6. The van der Waals surface area contributed by atoms with Crippen molar-refractivity contribution >= 4 is 29.1 Å². The minimum absolute atomic E-state index is 0.0477. The van der Waals surface area contributed by atoms with Gasteiger partial charge in [-0.15, -0.1) is 0 Å². The molecule has 1 amide bonds. The second kappa shape index (κ2) is 8.92. The van der Waals surface area contributed by atoms with E-state index in [4.69, 9.17) is 27.9 Å². The van der Waals surface area contributed by atoms with Crippen molar-refractivity contribution in [2.75, 3.05) is 20.7 Å². The van der Waals surface area contributed by atoms with Crippen molar-refractivity contribution in [2.24, 2.45) is 0 Å². The number of hydrogen-bond donors (Lipinski definition) is 1. The first-order valence-corrected chi connectivity index (χ1v) is 8.25. The maximum atomic E-state index is 12.1. The molecule has 0 aliphatic carbocycles. The molecule has 0 heterocycles. The van der Waals surface area contributed by atoms with Gasteiger partial charge in [0.15, 0.2) is 0 Å². The molecule has 0 bridgehead atoms. The van der Waals surface area contributed by atoms with E-state index in [9.17, 15) is 4.79 Å². The number of amides is 1. The monoisotopic (exact) mass is 366 g/mol. The maximum absolute atomic E-state index is 12.1. The molecular formula is C18H20Cl2N2O2. The molecule has 0 unspecified atom stereocenters. The number of rotatable bonds is 7. The summed E-state index contributed by atoms with van der Waals surface area (Å²) in [6.07, 6.45) is 0. The molecule has 0 aliphatic heterocycles. The summed E-state index contributed by atoms with van der Waals surface area (Å²) in [6.45, 7) is 1.34. The molecule has 2 aromatic rings. The van der Waals surface area contributed by atoms with Crippen LogP contribution in [0, 0.1) is 0 Å². The molecule has 0 saturated carbocycles. The van der Waals surface area contributed by atoms with Crippen LogP contribution in [0.1, 0.15) is 11.1 Å². The number of nitrogens with zero attached hydrogens (tertiary/aromatic N) is 1. The molecule has 0 saturated heterocycles. The van der Waals surface area contributed by atoms with E-state index in [0.717, 1.165) is 16.9 Å². The normalized spacial score (nSPS) is 10.7. The second-order valence-electron chi connectivity index (χ2n) is 5.58. The number of likely N-dealkylation sites (N-methyl/N-ethyl adjacent to an activating group) is 1. The third kappa shape index (κ3) is 6.04. The minimum atomic E-state index is -0.0477. The Labute approximate surface area is 152 Å². The number of halogens is 2. The predicted octanol–water partition coefficient (Wildman–Crippen LogP) is 3.75. The van der Waals surface area contributed by atoms with E-state index < -0.39 is 0 Å². The van der Waals surface area contributed by atoms with Gasteiger partial charge in [-0.05, 0) is 48.5 Å². The molecular weight excluding hydrogens is 347 g/mol. The van der Waals surface area contributed by atoms with Gasteiger partial charge in [-0.2, -0.15) is 0 Å². The van der Waals surface area contributed by atoms with Crippen LogP contribution in [-0.2, 0) is 17.9 Å². The molecule has 0 aromatic heterocycles. The van der Waals surface area contributed by atoms with Gasteiger partial charge in [0.1, 0.15) is 5.75 Å². The van der Waals surface area contributed by atoms with Gasteiger partial charge in [0, 0.05) is 23.1 Å². The van der Waals surface area contributed by atoms with E-state index in [1.165, 1.54) is 0 Å². The molecule has 1 N–H and O–H groups in total. The molecule has 128 valence electrons. The van der Waals surface area contributed by atoms with Crippen molar-refractivity contribution in [1.82, 2.24) is 10.2 Å². The molecule has 0 radical (unpaired) electrons. The second-order valence-corrected chi connectivity index (χ2v) is 6.45. The van der Waals surface area contributed by atoms with Crippen LogP contribution in [-0.4, -0.2) is 31.5 Å². The highest BCUT2D eigenvalue weighted by Crippen LogP contribution is 2.19. The lowest BCUT2D eigenvalue weighted by molar-refractivity contribution is -0.122. The average molecular weight is 367 g/mol. The first-order chi connectivity index (χ1) is 11.5. The Morgan fingerprint density at radius 1 is 1.12 bits per heavy atom. The summed E-state index contributed by atoms with van der Waals surface area (Å²) in [5, 5.41) is 4.08. The topological polar surface area (TPSA) is 41.6 Å². The first-order valence-electron chi connectivity index (χ1n) is 7.49. The van der Waals surface area contributed by atoms with Gasteiger partial charge < -0.3 is 10.1 Å². The number of methoxy groups -OCH3 is 1. The van der Waals surface area contributed by atoms with Crippen molar-refractivity contribution in [3.05, 3.63) is 63.6 Å². The van der Waals surface area contributed by atoms with E-state index in [0.29, 0.717) is 23.1 Å². The van der Waals surface area contributed by atoms with Gasteiger partial charge >= 0.3 is 0 Å². The number of carbonyl (C=O) groups excluding carboxylic acids is 1. The highest BCUT2D eigenvalue weighted by atomic mass is 35.5. The van der Waals surface area contributed by atoms with Crippen LogP contribution in [0.25, 0.3) is 0 Å². The lowest BCUT2D eigenvalue weighted by Crippen LogP contribution is -2.34. The number of carbonyl (C=O) groups is 1. The van der Waals surface area contributed by atoms with Gasteiger partial charge in [0.2, 0.25) is 5.91 Å². The largest absolute Gasteiger partial charge is 0.497 e. The van der Waals surface area contributed by atoms with Crippen molar-refractivity contribution in [3.8, 4) is 5.75 Å².